The third kappa shape index (κ3) is 3.64. The van der Waals surface area contributed by atoms with Crippen LogP contribution in [0.25, 0.3) is 0 Å². The quantitative estimate of drug-likeness (QED) is 0.785. The number of methoxy groups -OCH3 is 1. The lowest BCUT2D eigenvalue weighted by Crippen LogP contribution is -2.28. The Kier molecular flexibility index (Phi) is 4.22. The van der Waals surface area contributed by atoms with Crippen LogP contribution < -0.4 is 10.1 Å². The highest BCUT2D eigenvalue weighted by molar-refractivity contribution is 6.30. The fraction of sp³-hybridized carbons (Fsp3) is 0.222. The maximum absolute atomic E-state index is 11.0. The van der Waals surface area contributed by atoms with E-state index in [0.29, 0.717) is 10.8 Å². The molecule has 0 bridgehead atoms. The van der Waals surface area contributed by atoms with Gasteiger partial charge in [-0.05, 0) is 18.2 Å². The molecule has 14 heavy (non-hydrogen) atoms. The second kappa shape index (κ2) is 5.47. The first kappa shape index (κ1) is 10.8. The first-order chi connectivity index (χ1) is 6.72. The molecule has 0 aliphatic rings. The van der Waals surface area contributed by atoms with Crippen molar-refractivity contribution in [2.24, 2.45) is 0 Å². The first-order valence-electron chi connectivity index (χ1n) is 3.92. The number of amides is 1. The molecule has 5 heteroatoms. The molecule has 1 rings (SSSR count). The summed E-state index contributed by atoms with van der Waals surface area (Å²) in [6, 6.07) is 6.58. The Balaban J connectivity index is 2.47. The van der Waals surface area contributed by atoms with Crippen LogP contribution in [0.3, 0.4) is 0 Å². The van der Waals surface area contributed by atoms with Gasteiger partial charge in [0.2, 0.25) is 0 Å². The van der Waals surface area contributed by atoms with E-state index in [1.165, 1.54) is 7.11 Å². The number of hydrogen-bond donors (Lipinski definition) is 1. The Labute approximate surface area is 86.8 Å². The lowest BCUT2D eigenvalue weighted by Gasteiger charge is -2.05. The Bertz CT molecular complexity index is 317. The summed E-state index contributed by atoms with van der Waals surface area (Å²) in [5.74, 6) is 0.395. The SMILES string of the molecule is COCNC(=O)Oc1cccc(Cl)c1. The van der Waals surface area contributed by atoms with Gasteiger partial charge in [0, 0.05) is 12.1 Å². The van der Waals surface area contributed by atoms with E-state index < -0.39 is 6.09 Å². The summed E-state index contributed by atoms with van der Waals surface area (Å²) in [5, 5.41) is 2.89. The van der Waals surface area contributed by atoms with Gasteiger partial charge in [-0.3, -0.25) is 5.32 Å². The van der Waals surface area contributed by atoms with Gasteiger partial charge >= 0.3 is 6.09 Å². The smallest absolute Gasteiger partial charge is 0.410 e. The molecule has 0 saturated heterocycles. The van der Waals surface area contributed by atoms with Gasteiger partial charge in [0.15, 0.2) is 0 Å². The highest BCUT2D eigenvalue weighted by Gasteiger charge is 2.02. The van der Waals surface area contributed by atoms with Crippen LogP contribution in [0.5, 0.6) is 5.75 Å². The average Bonchev–Trinajstić information content (AvgIpc) is 2.15. The summed E-state index contributed by atoms with van der Waals surface area (Å²) < 4.78 is 9.52. The van der Waals surface area contributed by atoms with Crippen LogP contribution >= 0.6 is 11.6 Å². The molecular weight excluding hydrogens is 206 g/mol. The van der Waals surface area contributed by atoms with Crippen LogP contribution in [0.2, 0.25) is 5.02 Å². The number of ether oxygens (including phenoxy) is 2. The molecule has 1 aromatic carbocycles. The minimum absolute atomic E-state index is 0.111. The fourth-order valence-electron chi connectivity index (χ4n) is 0.805. The fourth-order valence-corrected chi connectivity index (χ4v) is 0.985. The van der Waals surface area contributed by atoms with E-state index in [9.17, 15) is 4.79 Å². The summed E-state index contributed by atoms with van der Waals surface area (Å²) in [6.07, 6.45) is -0.575. The van der Waals surface area contributed by atoms with Gasteiger partial charge in [-0.15, -0.1) is 0 Å². The highest BCUT2D eigenvalue weighted by Crippen LogP contribution is 2.16. The minimum Gasteiger partial charge on any atom is -0.410 e. The number of halogens is 1. The van der Waals surface area contributed by atoms with Crippen molar-refractivity contribution in [1.29, 1.82) is 0 Å². The molecule has 0 aromatic heterocycles. The monoisotopic (exact) mass is 215 g/mol. The molecule has 0 heterocycles. The van der Waals surface area contributed by atoms with Crippen LogP contribution in [0.15, 0.2) is 24.3 Å². The van der Waals surface area contributed by atoms with E-state index in [2.05, 4.69) is 10.1 Å². The van der Waals surface area contributed by atoms with E-state index in [-0.39, 0.29) is 6.73 Å². The summed E-state index contributed by atoms with van der Waals surface area (Å²) in [7, 11) is 1.47. The van der Waals surface area contributed by atoms with E-state index in [4.69, 9.17) is 16.3 Å². The first-order valence-corrected chi connectivity index (χ1v) is 4.30. The molecule has 4 nitrogen and oxygen atoms in total. The largest absolute Gasteiger partial charge is 0.414 e. The maximum Gasteiger partial charge on any atom is 0.414 e. The van der Waals surface area contributed by atoms with Gasteiger partial charge in [-0.25, -0.2) is 4.79 Å². The van der Waals surface area contributed by atoms with Crippen molar-refractivity contribution >= 4 is 17.7 Å². The van der Waals surface area contributed by atoms with Crippen LogP contribution in [0.1, 0.15) is 0 Å². The third-order valence-electron chi connectivity index (χ3n) is 1.37. The summed E-state index contributed by atoms with van der Waals surface area (Å²) in [4.78, 5) is 11.0. The van der Waals surface area contributed by atoms with Crippen LogP contribution in [-0.2, 0) is 4.74 Å². The molecule has 0 saturated carbocycles. The second-order valence-electron chi connectivity index (χ2n) is 2.46. The Hall–Kier alpha value is -1.26. The summed E-state index contributed by atoms with van der Waals surface area (Å²) in [5.41, 5.74) is 0. The predicted octanol–water partition coefficient (Wildman–Crippen LogP) is 2.03. The summed E-state index contributed by atoms with van der Waals surface area (Å²) >= 11 is 5.70. The number of nitrogens with one attached hydrogen (secondary N) is 1. The van der Waals surface area contributed by atoms with Gasteiger partial charge in [-0.1, -0.05) is 17.7 Å². The lowest BCUT2D eigenvalue weighted by molar-refractivity contribution is 0.153. The van der Waals surface area contributed by atoms with Gasteiger partial charge in [-0.2, -0.15) is 0 Å². The van der Waals surface area contributed by atoms with Crippen molar-refractivity contribution in [2.45, 2.75) is 0 Å². The van der Waals surface area contributed by atoms with E-state index in [1.54, 1.807) is 24.3 Å². The molecule has 0 fully saturated rings. The molecule has 1 N–H and O–H groups in total. The number of carbonyl (C=O) groups is 1. The maximum atomic E-state index is 11.0. The Morgan fingerprint density at radius 1 is 1.57 bits per heavy atom. The zero-order valence-electron chi connectivity index (χ0n) is 7.62. The zero-order chi connectivity index (χ0) is 10.4. The standard InChI is InChI=1S/C9H10ClNO3/c1-13-6-11-9(12)14-8-4-2-3-7(10)5-8/h2-5H,6H2,1H3,(H,11,12). The molecule has 0 atom stereocenters. The minimum atomic E-state index is -0.575. The van der Waals surface area contributed by atoms with Crippen molar-refractivity contribution < 1.29 is 14.3 Å². The summed E-state index contributed by atoms with van der Waals surface area (Å²) in [6.45, 7) is 0.111. The molecule has 76 valence electrons. The predicted molar refractivity (Wildman–Crippen MR) is 52.5 cm³/mol. The molecule has 0 aliphatic carbocycles. The number of carbonyl (C=O) groups excluding carboxylic acids is 1. The molecular formula is C9H10ClNO3. The van der Waals surface area contributed by atoms with E-state index >= 15 is 0 Å². The molecule has 1 aromatic rings. The van der Waals surface area contributed by atoms with Crippen molar-refractivity contribution in [3.63, 3.8) is 0 Å². The van der Waals surface area contributed by atoms with Gasteiger partial charge < -0.3 is 9.47 Å². The average molecular weight is 216 g/mol. The number of rotatable bonds is 3. The van der Waals surface area contributed by atoms with Crippen molar-refractivity contribution in [1.82, 2.24) is 5.32 Å². The molecule has 0 spiro atoms. The van der Waals surface area contributed by atoms with Crippen LogP contribution in [-0.4, -0.2) is 19.9 Å². The van der Waals surface area contributed by atoms with Crippen LogP contribution in [0.4, 0.5) is 4.79 Å². The molecule has 1 amide bonds. The molecule has 0 radical (unpaired) electrons. The highest BCUT2D eigenvalue weighted by atomic mass is 35.5. The van der Waals surface area contributed by atoms with Crippen molar-refractivity contribution in [2.75, 3.05) is 13.8 Å². The van der Waals surface area contributed by atoms with Crippen molar-refractivity contribution in [3.05, 3.63) is 29.3 Å². The van der Waals surface area contributed by atoms with Crippen molar-refractivity contribution in [3.8, 4) is 5.75 Å². The van der Waals surface area contributed by atoms with E-state index in [0.717, 1.165) is 0 Å². The number of benzene rings is 1. The van der Waals surface area contributed by atoms with Gasteiger partial charge in [0.05, 0.1) is 0 Å². The normalized spacial score (nSPS) is 9.57. The Morgan fingerprint density at radius 2 is 2.36 bits per heavy atom. The third-order valence-corrected chi connectivity index (χ3v) is 1.60. The molecule has 0 unspecified atom stereocenters. The van der Waals surface area contributed by atoms with Crippen LogP contribution in [0, 0.1) is 0 Å². The Morgan fingerprint density at radius 3 is 3.00 bits per heavy atom. The van der Waals surface area contributed by atoms with Gasteiger partial charge in [0.1, 0.15) is 12.5 Å². The van der Waals surface area contributed by atoms with Gasteiger partial charge in [0.25, 0.3) is 0 Å². The zero-order valence-corrected chi connectivity index (χ0v) is 8.38. The lowest BCUT2D eigenvalue weighted by atomic mass is 10.3. The van der Waals surface area contributed by atoms with E-state index in [1.807, 2.05) is 0 Å². The molecule has 0 aliphatic heterocycles. The topological polar surface area (TPSA) is 47.6 Å². The second-order valence-corrected chi connectivity index (χ2v) is 2.89. The number of hydrogen-bond acceptors (Lipinski definition) is 3.